The van der Waals surface area contributed by atoms with Crippen LogP contribution in [0.5, 0.6) is 5.88 Å². The summed E-state index contributed by atoms with van der Waals surface area (Å²) in [5.74, 6) is 0.447. The van der Waals surface area contributed by atoms with E-state index in [0.29, 0.717) is 81.8 Å². The fourth-order valence-electron chi connectivity index (χ4n) is 3.95. The predicted octanol–water partition coefficient (Wildman–Crippen LogP) is 4.08. The standard InChI is InChI=1S/C27H31F2N3O6/c28-27(29)32-24-5-6-30-19-23(24)22-3-1-20(17-25(22)32)21-2-4-26(31-18-21)38-16-15-37-14-13-36-12-11-35-10-9-34-8-7-33/h1-6,17-19,27,33H,7-16H2. The van der Waals surface area contributed by atoms with Crippen LogP contribution in [0.25, 0.3) is 32.9 Å². The molecule has 9 nitrogen and oxygen atoms in total. The number of aliphatic hydroxyl groups is 1. The van der Waals surface area contributed by atoms with Gasteiger partial charge in [-0.2, -0.15) is 8.78 Å². The summed E-state index contributed by atoms with van der Waals surface area (Å²) in [5, 5.41) is 10.0. The number of aromatic nitrogens is 3. The summed E-state index contributed by atoms with van der Waals surface area (Å²) in [7, 11) is 0. The number of nitrogens with zero attached hydrogens (tertiary/aromatic N) is 3. The summed E-state index contributed by atoms with van der Waals surface area (Å²) in [6, 6.07) is 10.6. The van der Waals surface area contributed by atoms with Crippen LogP contribution in [0, 0.1) is 0 Å². The van der Waals surface area contributed by atoms with Gasteiger partial charge in [0.1, 0.15) is 6.61 Å². The summed E-state index contributed by atoms with van der Waals surface area (Å²) in [5.41, 5.74) is 2.46. The zero-order valence-electron chi connectivity index (χ0n) is 20.9. The number of ether oxygens (including phenoxy) is 5. The van der Waals surface area contributed by atoms with E-state index in [0.717, 1.165) is 21.1 Å². The molecule has 4 aromatic rings. The minimum atomic E-state index is -2.67. The third kappa shape index (κ3) is 7.42. The van der Waals surface area contributed by atoms with Crippen LogP contribution in [0.15, 0.2) is 55.0 Å². The van der Waals surface area contributed by atoms with E-state index in [2.05, 4.69) is 9.97 Å². The minimum Gasteiger partial charge on any atom is -0.475 e. The largest absolute Gasteiger partial charge is 0.475 e. The molecule has 3 aromatic heterocycles. The van der Waals surface area contributed by atoms with Gasteiger partial charge in [-0.05, 0) is 23.8 Å². The molecule has 38 heavy (non-hydrogen) atoms. The number of fused-ring (bicyclic) bond motifs is 3. The lowest BCUT2D eigenvalue weighted by molar-refractivity contribution is -0.00789. The maximum Gasteiger partial charge on any atom is 0.319 e. The molecule has 1 aromatic carbocycles. The van der Waals surface area contributed by atoms with Gasteiger partial charge in [-0.3, -0.25) is 9.55 Å². The lowest BCUT2D eigenvalue weighted by Crippen LogP contribution is -2.14. The van der Waals surface area contributed by atoms with Crippen LogP contribution in [0.4, 0.5) is 8.78 Å². The van der Waals surface area contributed by atoms with Crippen molar-refractivity contribution in [1.82, 2.24) is 14.5 Å². The molecule has 1 N–H and O–H groups in total. The van der Waals surface area contributed by atoms with E-state index >= 15 is 0 Å². The highest BCUT2D eigenvalue weighted by molar-refractivity contribution is 6.08. The van der Waals surface area contributed by atoms with Crippen molar-refractivity contribution in [2.45, 2.75) is 6.55 Å². The summed E-state index contributed by atoms with van der Waals surface area (Å²) in [4.78, 5) is 8.42. The van der Waals surface area contributed by atoms with E-state index in [1.807, 2.05) is 18.2 Å². The van der Waals surface area contributed by atoms with Crippen molar-refractivity contribution in [3.8, 4) is 17.0 Å². The highest BCUT2D eigenvalue weighted by Crippen LogP contribution is 2.35. The third-order valence-corrected chi connectivity index (χ3v) is 5.70. The molecule has 0 saturated carbocycles. The third-order valence-electron chi connectivity index (χ3n) is 5.70. The maximum atomic E-state index is 13.9. The predicted molar refractivity (Wildman–Crippen MR) is 138 cm³/mol. The summed E-state index contributed by atoms with van der Waals surface area (Å²) in [6.07, 6.45) is 4.78. The fraction of sp³-hybridized carbons (Fsp3) is 0.407. The van der Waals surface area contributed by atoms with Gasteiger partial charge in [0.25, 0.3) is 0 Å². The van der Waals surface area contributed by atoms with Crippen LogP contribution in [-0.2, 0) is 18.9 Å². The highest BCUT2D eigenvalue weighted by atomic mass is 19.3. The Morgan fingerprint density at radius 1 is 0.711 bits per heavy atom. The first-order valence-electron chi connectivity index (χ1n) is 12.4. The van der Waals surface area contributed by atoms with Crippen LogP contribution in [0.3, 0.4) is 0 Å². The van der Waals surface area contributed by atoms with Gasteiger partial charge in [0.15, 0.2) is 0 Å². The Morgan fingerprint density at radius 3 is 2.00 bits per heavy atom. The van der Waals surface area contributed by atoms with Crippen molar-refractivity contribution in [3.05, 3.63) is 55.0 Å². The van der Waals surface area contributed by atoms with Crippen molar-refractivity contribution in [2.24, 2.45) is 0 Å². The van der Waals surface area contributed by atoms with Gasteiger partial charge in [0.05, 0.1) is 70.5 Å². The molecule has 3 heterocycles. The molecule has 11 heteroatoms. The molecule has 0 fully saturated rings. The second kappa shape index (κ2) is 14.6. The monoisotopic (exact) mass is 531 g/mol. The van der Waals surface area contributed by atoms with E-state index in [9.17, 15) is 8.78 Å². The highest BCUT2D eigenvalue weighted by Gasteiger charge is 2.17. The number of hydrogen-bond acceptors (Lipinski definition) is 8. The van der Waals surface area contributed by atoms with E-state index < -0.39 is 6.55 Å². The number of pyridine rings is 2. The van der Waals surface area contributed by atoms with Gasteiger partial charge in [0.2, 0.25) is 5.88 Å². The molecule has 0 amide bonds. The maximum absolute atomic E-state index is 13.9. The molecule has 0 aliphatic carbocycles. The van der Waals surface area contributed by atoms with Crippen LogP contribution in [0.2, 0.25) is 0 Å². The molecule has 0 aliphatic heterocycles. The second-order valence-corrected chi connectivity index (χ2v) is 8.18. The van der Waals surface area contributed by atoms with E-state index in [1.165, 1.54) is 6.20 Å². The average molecular weight is 532 g/mol. The lowest BCUT2D eigenvalue weighted by atomic mass is 10.1. The number of alkyl halides is 2. The van der Waals surface area contributed by atoms with Crippen LogP contribution in [0.1, 0.15) is 6.55 Å². The van der Waals surface area contributed by atoms with E-state index in [-0.39, 0.29) is 6.61 Å². The number of rotatable bonds is 17. The Morgan fingerprint density at radius 2 is 1.37 bits per heavy atom. The normalized spacial score (nSPS) is 11.7. The molecule has 204 valence electrons. The Labute approximate surface area is 218 Å². The SMILES string of the molecule is OCCOCCOCCOCCOCCOc1ccc(-c2ccc3c4cnccc4n(C(F)F)c3c2)cn1. The molecular weight excluding hydrogens is 500 g/mol. The molecule has 0 saturated heterocycles. The topological polar surface area (TPSA) is 97.1 Å². The Kier molecular flexibility index (Phi) is 10.7. The molecule has 4 rings (SSSR count). The van der Waals surface area contributed by atoms with Crippen LogP contribution in [-0.4, -0.2) is 85.7 Å². The van der Waals surface area contributed by atoms with E-state index in [4.69, 9.17) is 28.8 Å². The summed E-state index contributed by atoms with van der Waals surface area (Å²) >= 11 is 0. The average Bonchev–Trinajstić information content (AvgIpc) is 3.27. The summed E-state index contributed by atoms with van der Waals surface area (Å²) in [6.45, 7) is 1.09. The second-order valence-electron chi connectivity index (χ2n) is 8.18. The molecule has 0 bridgehead atoms. The van der Waals surface area contributed by atoms with E-state index in [1.54, 1.807) is 30.6 Å². The molecule has 0 spiro atoms. The van der Waals surface area contributed by atoms with Gasteiger partial charge >= 0.3 is 6.55 Å². The van der Waals surface area contributed by atoms with Gasteiger partial charge < -0.3 is 28.8 Å². The zero-order valence-corrected chi connectivity index (χ0v) is 20.9. The zero-order chi connectivity index (χ0) is 26.6. The first kappa shape index (κ1) is 27.8. The van der Waals surface area contributed by atoms with Crippen molar-refractivity contribution in [3.63, 3.8) is 0 Å². The Hall–Kier alpha value is -3.22. The molecular formula is C27H31F2N3O6. The van der Waals surface area contributed by atoms with Gasteiger partial charge in [-0.1, -0.05) is 12.1 Å². The number of halogens is 2. The van der Waals surface area contributed by atoms with Crippen molar-refractivity contribution < 1.29 is 37.6 Å². The molecule has 0 aliphatic rings. The van der Waals surface area contributed by atoms with Gasteiger partial charge in [-0.25, -0.2) is 4.98 Å². The quantitative estimate of drug-likeness (QED) is 0.204. The first-order chi connectivity index (χ1) is 18.7. The number of hydrogen-bond donors (Lipinski definition) is 1. The van der Waals surface area contributed by atoms with Crippen molar-refractivity contribution in [2.75, 3.05) is 66.1 Å². The van der Waals surface area contributed by atoms with Crippen LogP contribution >= 0.6 is 0 Å². The minimum absolute atomic E-state index is 0.00766. The number of aliphatic hydroxyl groups excluding tert-OH is 1. The first-order valence-corrected chi connectivity index (χ1v) is 12.4. The smallest absolute Gasteiger partial charge is 0.319 e. The van der Waals surface area contributed by atoms with Crippen molar-refractivity contribution in [1.29, 1.82) is 0 Å². The van der Waals surface area contributed by atoms with Crippen molar-refractivity contribution >= 4 is 21.8 Å². The van der Waals surface area contributed by atoms with Gasteiger partial charge in [-0.15, -0.1) is 0 Å². The fourth-order valence-corrected chi connectivity index (χ4v) is 3.95. The molecule has 0 radical (unpaired) electrons. The van der Waals surface area contributed by atoms with Gasteiger partial charge in [0, 0.05) is 41.0 Å². The molecule has 0 atom stereocenters. The molecule has 0 unspecified atom stereocenters. The van der Waals surface area contributed by atoms with Crippen LogP contribution < -0.4 is 4.74 Å². The summed E-state index contributed by atoms with van der Waals surface area (Å²) < 4.78 is 55.7. The number of benzene rings is 1. The Balaban J connectivity index is 1.18. The lowest BCUT2D eigenvalue weighted by Gasteiger charge is -2.09. The Bertz CT molecular complexity index is 1270.